The highest BCUT2D eigenvalue weighted by Crippen LogP contribution is 2.43. The third kappa shape index (κ3) is 42.9. The fourth-order valence-electron chi connectivity index (χ4n) is 7.06. The molecule has 3 N–H and O–H groups in total. The van der Waals surface area contributed by atoms with Crippen molar-refractivity contribution in [2.45, 2.75) is 238 Å². The number of amides is 1. The highest BCUT2D eigenvalue weighted by Gasteiger charge is 2.27. The van der Waals surface area contributed by atoms with E-state index in [1.54, 1.807) is 6.08 Å². The Balaban J connectivity index is 4.18. The number of hydrogen-bond acceptors (Lipinski definition) is 5. The number of nitrogens with zero attached hydrogens (tertiary/aromatic N) is 1. The van der Waals surface area contributed by atoms with Gasteiger partial charge in [-0.05, 0) is 32.1 Å². The molecule has 0 fully saturated rings. The molecule has 0 aliphatic heterocycles. The first-order chi connectivity index (χ1) is 27.5. The lowest BCUT2D eigenvalue weighted by Crippen LogP contribution is -2.45. The molecule has 57 heavy (non-hydrogen) atoms. The molecule has 8 nitrogen and oxygen atoms in total. The minimum absolute atomic E-state index is 0.0581. The summed E-state index contributed by atoms with van der Waals surface area (Å²) in [5, 5.41) is 13.8. The molecule has 0 heterocycles. The van der Waals surface area contributed by atoms with Crippen LogP contribution in [0.5, 0.6) is 0 Å². The van der Waals surface area contributed by atoms with Crippen LogP contribution in [0.25, 0.3) is 0 Å². The monoisotopic (exact) mass is 828 g/mol. The number of nitrogens with one attached hydrogen (secondary N) is 1. The van der Waals surface area contributed by atoms with Crippen molar-refractivity contribution in [1.29, 1.82) is 0 Å². The number of carbonyl (C=O) groups is 1. The van der Waals surface area contributed by atoms with Crippen molar-refractivity contribution in [2.75, 3.05) is 40.9 Å². The van der Waals surface area contributed by atoms with E-state index in [1.165, 1.54) is 167 Å². The van der Waals surface area contributed by atoms with Crippen molar-refractivity contribution in [2.24, 2.45) is 0 Å². The Morgan fingerprint density at radius 2 is 0.965 bits per heavy atom. The van der Waals surface area contributed by atoms with Crippen molar-refractivity contribution in [1.82, 2.24) is 5.32 Å². The molecule has 0 saturated heterocycles. The number of carbonyl (C=O) groups excluding carboxylic acids is 1. The minimum Gasteiger partial charge on any atom is -0.387 e. The molecule has 3 atom stereocenters. The van der Waals surface area contributed by atoms with Gasteiger partial charge in [0.1, 0.15) is 13.2 Å². The summed E-state index contributed by atoms with van der Waals surface area (Å²) in [6.07, 6.45) is 48.4. The predicted octanol–water partition coefficient (Wildman–Crippen LogP) is 13.7. The molecule has 0 spiro atoms. The second-order valence-corrected chi connectivity index (χ2v) is 19.3. The molecule has 0 aromatic heterocycles. The Morgan fingerprint density at radius 1 is 0.579 bits per heavy atom. The van der Waals surface area contributed by atoms with Crippen LogP contribution in [0.2, 0.25) is 0 Å². The van der Waals surface area contributed by atoms with Crippen LogP contribution in [0.15, 0.2) is 24.3 Å². The van der Waals surface area contributed by atoms with Crippen LogP contribution in [-0.2, 0) is 18.4 Å². The molecule has 0 aliphatic carbocycles. The average molecular weight is 828 g/mol. The maximum atomic E-state index is 12.9. The van der Waals surface area contributed by atoms with E-state index in [-0.39, 0.29) is 19.1 Å². The number of quaternary nitrogens is 1. The molecule has 0 radical (unpaired) electrons. The molecule has 0 aliphatic rings. The highest BCUT2D eigenvalue weighted by atomic mass is 31.2. The van der Waals surface area contributed by atoms with Gasteiger partial charge in [0.05, 0.1) is 39.9 Å². The lowest BCUT2D eigenvalue weighted by Gasteiger charge is -2.25. The van der Waals surface area contributed by atoms with Crippen molar-refractivity contribution in [3.8, 4) is 0 Å². The molecule has 0 aromatic rings. The van der Waals surface area contributed by atoms with Gasteiger partial charge in [-0.15, -0.1) is 0 Å². The van der Waals surface area contributed by atoms with Crippen LogP contribution in [0.3, 0.4) is 0 Å². The summed E-state index contributed by atoms with van der Waals surface area (Å²) in [5.74, 6) is -0.185. The van der Waals surface area contributed by atoms with E-state index in [4.69, 9.17) is 9.05 Å². The summed E-state index contributed by atoms with van der Waals surface area (Å²) in [5.41, 5.74) is 0. The lowest BCUT2D eigenvalue weighted by atomic mass is 10.0. The number of rotatable bonds is 44. The largest absolute Gasteiger partial charge is 0.472 e. The van der Waals surface area contributed by atoms with E-state index in [9.17, 15) is 19.4 Å². The number of phosphoric ester groups is 1. The molecule has 3 unspecified atom stereocenters. The Kier molecular flexibility index (Phi) is 39.7. The molecular formula is C48H96N2O6P+. The van der Waals surface area contributed by atoms with E-state index in [1.807, 2.05) is 27.2 Å². The van der Waals surface area contributed by atoms with Crippen LogP contribution in [-0.4, -0.2) is 73.4 Å². The van der Waals surface area contributed by atoms with Gasteiger partial charge in [-0.1, -0.05) is 212 Å². The summed E-state index contributed by atoms with van der Waals surface area (Å²) in [7, 11) is 1.56. The van der Waals surface area contributed by atoms with Crippen molar-refractivity contribution >= 4 is 13.7 Å². The van der Waals surface area contributed by atoms with Crippen LogP contribution in [0, 0.1) is 0 Å². The molecule has 0 saturated carbocycles. The molecule has 0 aromatic carbocycles. The van der Waals surface area contributed by atoms with E-state index >= 15 is 0 Å². The first-order valence-electron chi connectivity index (χ1n) is 24.2. The first kappa shape index (κ1) is 56.0. The standard InChI is InChI=1S/C48H95N2O6P/c1-6-8-10-12-14-16-18-19-20-21-22-23-24-25-26-27-28-29-30-32-34-36-38-40-42-48(52)49-46(45-56-57(53,54)55-44-43-50(3,4)5)47(51)41-39-37-35-33-31-17-15-13-11-9-7-2/h31,33,39,41,46-47,51H,6-30,32,34-38,40,42-45H2,1-5H3,(H-,49,52,53,54)/p+1/b33-31+,41-39+. The van der Waals surface area contributed by atoms with Gasteiger partial charge in [0.25, 0.3) is 0 Å². The molecule has 0 bridgehead atoms. The zero-order valence-corrected chi connectivity index (χ0v) is 39.2. The van der Waals surface area contributed by atoms with E-state index < -0.39 is 20.0 Å². The topological polar surface area (TPSA) is 105 Å². The number of aliphatic hydroxyl groups excluding tert-OH is 1. The SMILES string of the molecule is CCCCCCC/C=C/CC/C=C/C(O)C(COP(=O)(O)OCC[N+](C)(C)C)NC(=O)CCCCCCCCCCCCCCCCCCCCCCCCCC. The maximum Gasteiger partial charge on any atom is 0.472 e. The van der Waals surface area contributed by atoms with E-state index in [2.05, 4.69) is 31.3 Å². The molecular weight excluding hydrogens is 732 g/mol. The third-order valence-corrected chi connectivity index (χ3v) is 11.9. The quantitative estimate of drug-likeness (QED) is 0.0244. The minimum atomic E-state index is -4.34. The summed E-state index contributed by atoms with van der Waals surface area (Å²) in [6.45, 7) is 4.78. The van der Waals surface area contributed by atoms with Crippen LogP contribution < -0.4 is 5.32 Å². The fraction of sp³-hybridized carbons (Fsp3) is 0.896. The lowest BCUT2D eigenvalue weighted by molar-refractivity contribution is -0.870. The molecule has 338 valence electrons. The van der Waals surface area contributed by atoms with Crippen molar-refractivity contribution < 1.29 is 32.9 Å². The first-order valence-corrected chi connectivity index (χ1v) is 25.7. The van der Waals surface area contributed by atoms with Crippen LogP contribution in [0.1, 0.15) is 226 Å². The Hall–Kier alpha value is -1.02. The second kappa shape index (κ2) is 40.4. The van der Waals surface area contributed by atoms with Gasteiger partial charge in [-0.2, -0.15) is 0 Å². The number of aliphatic hydroxyl groups is 1. The maximum absolute atomic E-state index is 12.9. The van der Waals surface area contributed by atoms with Gasteiger partial charge in [0, 0.05) is 6.42 Å². The molecule has 1 amide bonds. The van der Waals surface area contributed by atoms with Crippen LogP contribution >= 0.6 is 7.82 Å². The summed E-state index contributed by atoms with van der Waals surface area (Å²) >= 11 is 0. The molecule has 9 heteroatoms. The number of allylic oxidation sites excluding steroid dienone is 3. The summed E-state index contributed by atoms with van der Waals surface area (Å²) < 4.78 is 23.5. The van der Waals surface area contributed by atoms with Gasteiger partial charge >= 0.3 is 7.82 Å². The van der Waals surface area contributed by atoms with Crippen LogP contribution in [0.4, 0.5) is 0 Å². The number of likely N-dealkylation sites (N-methyl/N-ethyl adjacent to an activating group) is 1. The smallest absolute Gasteiger partial charge is 0.387 e. The second-order valence-electron chi connectivity index (χ2n) is 17.8. The Morgan fingerprint density at radius 3 is 1.40 bits per heavy atom. The van der Waals surface area contributed by atoms with Gasteiger partial charge in [-0.25, -0.2) is 4.57 Å². The average Bonchev–Trinajstić information content (AvgIpc) is 3.16. The molecule has 0 rings (SSSR count). The number of hydrogen-bond donors (Lipinski definition) is 3. The van der Waals surface area contributed by atoms with E-state index in [0.29, 0.717) is 17.4 Å². The zero-order chi connectivity index (χ0) is 42.1. The number of unbranched alkanes of at least 4 members (excludes halogenated alkanes) is 29. The predicted molar refractivity (Wildman–Crippen MR) is 245 cm³/mol. The fourth-order valence-corrected chi connectivity index (χ4v) is 7.79. The number of phosphoric acid groups is 1. The highest BCUT2D eigenvalue weighted by molar-refractivity contribution is 7.47. The zero-order valence-electron chi connectivity index (χ0n) is 38.3. The van der Waals surface area contributed by atoms with Gasteiger partial charge in [0.15, 0.2) is 0 Å². The van der Waals surface area contributed by atoms with Crippen molar-refractivity contribution in [3.05, 3.63) is 24.3 Å². The third-order valence-electron chi connectivity index (χ3n) is 10.9. The van der Waals surface area contributed by atoms with Gasteiger partial charge in [-0.3, -0.25) is 13.8 Å². The van der Waals surface area contributed by atoms with Gasteiger partial charge in [0.2, 0.25) is 5.91 Å². The van der Waals surface area contributed by atoms with Crippen molar-refractivity contribution in [3.63, 3.8) is 0 Å². The normalized spacial score (nSPS) is 14.4. The summed E-state index contributed by atoms with van der Waals surface area (Å²) in [6, 6.07) is -0.857. The van der Waals surface area contributed by atoms with Gasteiger partial charge < -0.3 is 19.8 Å². The van der Waals surface area contributed by atoms with E-state index in [0.717, 1.165) is 38.5 Å². The summed E-state index contributed by atoms with van der Waals surface area (Å²) in [4.78, 5) is 23.1. The Labute approximate surface area is 354 Å². The Bertz CT molecular complexity index is 984.